The lowest BCUT2D eigenvalue weighted by Gasteiger charge is -2.13. The lowest BCUT2D eigenvalue weighted by atomic mass is 10.1. The third-order valence-electron chi connectivity index (χ3n) is 3.27. The first-order chi connectivity index (χ1) is 11.4. The van der Waals surface area contributed by atoms with Crippen LogP contribution in [0.3, 0.4) is 0 Å². The summed E-state index contributed by atoms with van der Waals surface area (Å²) in [5.74, 6) is 0.185. The lowest BCUT2D eigenvalue weighted by Crippen LogP contribution is -2.24. The highest BCUT2D eigenvalue weighted by Crippen LogP contribution is 2.32. The van der Waals surface area contributed by atoms with Gasteiger partial charge in [-0.2, -0.15) is 0 Å². The number of ether oxygens (including phenoxy) is 3. The number of amides is 1. The number of hydrogen-bond acceptors (Lipinski definition) is 4. The number of benzene rings is 2. The smallest absolute Gasteiger partial charge is 0.454 e. The zero-order valence-corrected chi connectivity index (χ0v) is 12.2. The predicted molar refractivity (Wildman–Crippen MR) is 76.9 cm³/mol. The van der Waals surface area contributed by atoms with E-state index in [-0.39, 0.29) is 24.7 Å². The first kappa shape index (κ1) is 16.0. The molecule has 0 aromatic heterocycles. The van der Waals surface area contributed by atoms with E-state index in [1.807, 2.05) is 0 Å². The van der Waals surface area contributed by atoms with Gasteiger partial charge in [0.25, 0.3) is 5.91 Å². The molecule has 1 heterocycles. The molecule has 0 saturated carbocycles. The standard InChI is InChI=1S/C16H12F3NO4/c17-16(18,19)24-12-4-2-1-3-11(12)8-20-15(21)10-5-6-13-14(7-10)23-9-22-13/h1-7H,8-9H2,(H,20,21). The summed E-state index contributed by atoms with van der Waals surface area (Å²) in [6.45, 7) is -0.0257. The molecule has 2 aromatic carbocycles. The van der Waals surface area contributed by atoms with Gasteiger partial charge in [0, 0.05) is 17.7 Å². The normalized spacial score (nSPS) is 12.8. The molecule has 24 heavy (non-hydrogen) atoms. The van der Waals surface area contributed by atoms with Crippen LogP contribution in [0, 0.1) is 0 Å². The van der Waals surface area contributed by atoms with Crippen LogP contribution in [-0.2, 0) is 6.54 Å². The molecule has 0 spiro atoms. The van der Waals surface area contributed by atoms with E-state index in [2.05, 4.69) is 10.1 Å². The fraction of sp³-hybridized carbons (Fsp3) is 0.188. The van der Waals surface area contributed by atoms with Gasteiger partial charge in [0.2, 0.25) is 6.79 Å². The van der Waals surface area contributed by atoms with Crippen LogP contribution < -0.4 is 19.5 Å². The number of rotatable bonds is 4. The van der Waals surface area contributed by atoms with Crippen molar-refractivity contribution in [3.05, 3.63) is 53.6 Å². The molecule has 2 aromatic rings. The molecule has 3 rings (SSSR count). The first-order valence-electron chi connectivity index (χ1n) is 6.94. The van der Waals surface area contributed by atoms with Crippen molar-refractivity contribution in [2.45, 2.75) is 12.9 Å². The maximum absolute atomic E-state index is 12.4. The van der Waals surface area contributed by atoms with Gasteiger partial charge in [-0.25, -0.2) is 0 Å². The van der Waals surface area contributed by atoms with Crippen molar-refractivity contribution in [1.29, 1.82) is 0 Å². The van der Waals surface area contributed by atoms with Crippen LogP contribution in [0.2, 0.25) is 0 Å². The van der Waals surface area contributed by atoms with Crippen LogP contribution >= 0.6 is 0 Å². The first-order valence-corrected chi connectivity index (χ1v) is 6.94. The van der Waals surface area contributed by atoms with E-state index in [0.717, 1.165) is 0 Å². The van der Waals surface area contributed by atoms with Crippen molar-refractivity contribution in [2.24, 2.45) is 0 Å². The SMILES string of the molecule is O=C(NCc1ccccc1OC(F)(F)F)c1ccc2c(c1)OCO2. The number of nitrogens with one attached hydrogen (secondary N) is 1. The number of fused-ring (bicyclic) bond motifs is 1. The van der Waals surface area contributed by atoms with Gasteiger partial charge in [-0.3, -0.25) is 4.79 Å². The third kappa shape index (κ3) is 3.70. The molecule has 1 aliphatic heterocycles. The Kier molecular flexibility index (Phi) is 4.20. The number of hydrogen-bond donors (Lipinski definition) is 1. The number of halogens is 3. The Bertz CT molecular complexity index is 761. The van der Waals surface area contributed by atoms with Crippen LogP contribution in [0.25, 0.3) is 0 Å². The van der Waals surface area contributed by atoms with E-state index in [1.165, 1.54) is 24.3 Å². The topological polar surface area (TPSA) is 56.8 Å². The monoisotopic (exact) mass is 339 g/mol. The Labute approximate surface area is 134 Å². The Balaban J connectivity index is 1.68. The third-order valence-corrected chi connectivity index (χ3v) is 3.27. The number of para-hydroxylation sites is 1. The van der Waals surface area contributed by atoms with Gasteiger partial charge in [-0.15, -0.1) is 13.2 Å². The van der Waals surface area contributed by atoms with Gasteiger partial charge in [-0.1, -0.05) is 18.2 Å². The fourth-order valence-electron chi connectivity index (χ4n) is 2.19. The lowest BCUT2D eigenvalue weighted by molar-refractivity contribution is -0.274. The van der Waals surface area contributed by atoms with E-state index in [1.54, 1.807) is 18.2 Å². The molecule has 0 unspecified atom stereocenters. The van der Waals surface area contributed by atoms with E-state index >= 15 is 0 Å². The van der Waals surface area contributed by atoms with Crippen LogP contribution in [0.15, 0.2) is 42.5 Å². The summed E-state index contributed by atoms with van der Waals surface area (Å²) in [6.07, 6.45) is -4.79. The molecule has 126 valence electrons. The highest BCUT2D eigenvalue weighted by molar-refractivity contribution is 5.94. The molecule has 0 fully saturated rings. The van der Waals surface area contributed by atoms with Crippen molar-refractivity contribution in [3.63, 3.8) is 0 Å². The van der Waals surface area contributed by atoms with Crippen molar-refractivity contribution in [3.8, 4) is 17.2 Å². The minimum atomic E-state index is -4.79. The average molecular weight is 339 g/mol. The maximum atomic E-state index is 12.4. The molecule has 8 heteroatoms. The number of carbonyl (C=O) groups is 1. The second kappa shape index (κ2) is 6.31. The fourth-order valence-corrected chi connectivity index (χ4v) is 2.19. The van der Waals surface area contributed by atoms with E-state index < -0.39 is 12.3 Å². The van der Waals surface area contributed by atoms with Crippen molar-refractivity contribution < 1.29 is 32.2 Å². The Hall–Kier alpha value is -2.90. The summed E-state index contributed by atoms with van der Waals surface area (Å²) in [5, 5.41) is 2.55. The van der Waals surface area contributed by atoms with Crippen LogP contribution in [0.1, 0.15) is 15.9 Å². The molecule has 1 aliphatic rings. The Morgan fingerprint density at radius 3 is 2.67 bits per heavy atom. The largest absolute Gasteiger partial charge is 0.573 e. The zero-order valence-electron chi connectivity index (χ0n) is 12.2. The molecule has 1 amide bonds. The molecule has 0 saturated heterocycles. The average Bonchev–Trinajstić information content (AvgIpc) is 2.99. The summed E-state index contributed by atoms with van der Waals surface area (Å²) < 4.78 is 51.4. The predicted octanol–water partition coefficient (Wildman–Crippen LogP) is 3.24. The summed E-state index contributed by atoms with van der Waals surface area (Å²) in [7, 11) is 0. The highest BCUT2D eigenvalue weighted by atomic mass is 19.4. The number of alkyl halides is 3. The van der Waals surface area contributed by atoms with Gasteiger partial charge >= 0.3 is 6.36 Å². The summed E-state index contributed by atoms with van der Waals surface area (Å²) in [4.78, 5) is 12.1. The second-order valence-corrected chi connectivity index (χ2v) is 4.91. The van der Waals surface area contributed by atoms with Gasteiger partial charge in [0.15, 0.2) is 11.5 Å². The maximum Gasteiger partial charge on any atom is 0.573 e. The van der Waals surface area contributed by atoms with Crippen molar-refractivity contribution in [1.82, 2.24) is 5.32 Å². The molecular weight excluding hydrogens is 327 g/mol. The highest BCUT2D eigenvalue weighted by Gasteiger charge is 2.32. The van der Waals surface area contributed by atoms with Crippen molar-refractivity contribution >= 4 is 5.91 Å². The van der Waals surface area contributed by atoms with Crippen LogP contribution in [0.4, 0.5) is 13.2 Å². The van der Waals surface area contributed by atoms with Gasteiger partial charge in [-0.05, 0) is 24.3 Å². The molecule has 5 nitrogen and oxygen atoms in total. The van der Waals surface area contributed by atoms with E-state index in [4.69, 9.17) is 9.47 Å². The zero-order chi connectivity index (χ0) is 17.2. The summed E-state index contributed by atoms with van der Waals surface area (Å²) in [6, 6.07) is 10.3. The quantitative estimate of drug-likeness (QED) is 0.929. The molecule has 0 bridgehead atoms. The minimum absolute atomic E-state index is 0.0859. The summed E-state index contributed by atoms with van der Waals surface area (Å²) in [5.41, 5.74) is 0.525. The van der Waals surface area contributed by atoms with Gasteiger partial charge in [0.05, 0.1) is 0 Å². The molecule has 0 radical (unpaired) electrons. The van der Waals surface area contributed by atoms with E-state index in [0.29, 0.717) is 17.1 Å². The second-order valence-electron chi connectivity index (χ2n) is 4.91. The van der Waals surface area contributed by atoms with Crippen LogP contribution in [0.5, 0.6) is 17.2 Å². The molecule has 1 N–H and O–H groups in total. The van der Waals surface area contributed by atoms with Gasteiger partial charge in [0.1, 0.15) is 5.75 Å². The summed E-state index contributed by atoms with van der Waals surface area (Å²) >= 11 is 0. The van der Waals surface area contributed by atoms with Crippen molar-refractivity contribution in [2.75, 3.05) is 6.79 Å². The Morgan fingerprint density at radius 2 is 1.88 bits per heavy atom. The molecule has 0 atom stereocenters. The molecular formula is C16H12F3NO4. The minimum Gasteiger partial charge on any atom is -0.454 e. The van der Waals surface area contributed by atoms with Gasteiger partial charge < -0.3 is 19.5 Å². The molecule has 0 aliphatic carbocycles. The Morgan fingerprint density at radius 1 is 1.12 bits per heavy atom. The van der Waals surface area contributed by atoms with E-state index in [9.17, 15) is 18.0 Å². The van der Waals surface area contributed by atoms with Crippen LogP contribution in [-0.4, -0.2) is 19.1 Å². The number of carbonyl (C=O) groups excluding carboxylic acids is 1.